The molecule has 0 amide bonds. The van der Waals surface area contributed by atoms with Gasteiger partial charge in [0.05, 0.1) is 0 Å². The molecule has 0 atom stereocenters. The Morgan fingerprint density at radius 2 is 1.53 bits per heavy atom. The van der Waals surface area contributed by atoms with Gasteiger partial charge in [0, 0.05) is 5.41 Å². The van der Waals surface area contributed by atoms with Gasteiger partial charge in [-0.05, 0) is 5.56 Å². The number of hydrogen-bond acceptors (Lipinski definition) is 2. The van der Waals surface area contributed by atoms with E-state index in [1.165, 1.54) is 5.56 Å². The van der Waals surface area contributed by atoms with Crippen molar-refractivity contribution in [3.63, 3.8) is 0 Å². The Morgan fingerprint density at radius 1 is 1.13 bits per heavy atom. The van der Waals surface area contributed by atoms with Crippen LogP contribution in [0.2, 0.25) is 0 Å². The van der Waals surface area contributed by atoms with Crippen LogP contribution in [0.5, 0.6) is 0 Å². The molecule has 0 bridgehead atoms. The summed E-state index contributed by atoms with van der Waals surface area (Å²) in [4.78, 5) is 0. The molecule has 0 aliphatic rings. The van der Waals surface area contributed by atoms with Crippen molar-refractivity contribution in [3.8, 4) is 0 Å². The molecule has 2 heteroatoms. The summed E-state index contributed by atoms with van der Waals surface area (Å²) in [5.74, 6) is 0. The monoisotopic (exact) mass is 208 g/mol. The second-order valence-electron chi connectivity index (χ2n) is 4.35. The van der Waals surface area contributed by atoms with Crippen LogP contribution in [-0.2, 0) is 0 Å². The molecular formula is C13H20O2. The smallest absolute Gasteiger partial charge is 0.156 e. The van der Waals surface area contributed by atoms with E-state index >= 15 is 0 Å². The number of aliphatic hydroxyl groups excluding tert-OH is 1. The number of hydrogen-bond donors (Lipinski definition) is 2. The molecule has 2 nitrogen and oxygen atoms in total. The fraction of sp³-hybridized carbons (Fsp3) is 0.385. The molecule has 0 aliphatic carbocycles. The lowest BCUT2D eigenvalue weighted by Crippen LogP contribution is -2.24. The number of aliphatic hydroxyl groups is 2. The first-order chi connectivity index (χ1) is 6.88. The van der Waals surface area contributed by atoms with Crippen LogP contribution < -0.4 is 0 Å². The predicted molar refractivity (Wildman–Crippen MR) is 64.2 cm³/mol. The van der Waals surface area contributed by atoms with Crippen LogP contribution >= 0.6 is 0 Å². The van der Waals surface area contributed by atoms with Crippen molar-refractivity contribution in [3.05, 3.63) is 42.5 Å². The minimum absolute atomic E-state index is 0.389. The van der Waals surface area contributed by atoms with E-state index in [1.54, 1.807) is 20.8 Å². The summed E-state index contributed by atoms with van der Waals surface area (Å²) >= 11 is 0. The Kier molecular flexibility index (Phi) is 5.90. The first kappa shape index (κ1) is 13.9. The summed E-state index contributed by atoms with van der Waals surface area (Å²) in [6, 6.07) is 10.0. The van der Waals surface area contributed by atoms with Gasteiger partial charge in [-0.2, -0.15) is 0 Å². The lowest BCUT2D eigenvalue weighted by molar-refractivity contribution is -0.113. The predicted octanol–water partition coefficient (Wildman–Crippen LogP) is 2.67. The highest BCUT2D eigenvalue weighted by Gasteiger charge is 2.18. The number of benzene rings is 1. The van der Waals surface area contributed by atoms with Gasteiger partial charge in [0.25, 0.3) is 0 Å². The largest absolute Gasteiger partial charge is 0.368 e. The van der Waals surface area contributed by atoms with Gasteiger partial charge < -0.3 is 10.2 Å². The van der Waals surface area contributed by atoms with E-state index in [0.29, 0.717) is 0 Å². The fourth-order valence-electron chi connectivity index (χ4n) is 0.589. The van der Waals surface area contributed by atoms with Gasteiger partial charge in [0.2, 0.25) is 0 Å². The van der Waals surface area contributed by atoms with Crippen molar-refractivity contribution in [2.45, 2.75) is 27.1 Å². The van der Waals surface area contributed by atoms with Crippen molar-refractivity contribution >= 4 is 6.08 Å². The second-order valence-corrected chi connectivity index (χ2v) is 4.35. The third kappa shape index (κ3) is 6.89. The quantitative estimate of drug-likeness (QED) is 0.697. The zero-order chi connectivity index (χ0) is 11.9. The maximum atomic E-state index is 8.44. The van der Waals surface area contributed by atoms with Crippen LogP contribution in [0.1, 0.15) is 26.3 Å². The number of rotatable bonds is 1. The highest BCUT2D eigenvalue weighted by atomic mass is 16.5. The summed E-state index contributed by atoms with van der Waals surface area (Å²) in [6.07, 6.45) is 0.632. The molecule has 2 N–H and O–H groups in total. The minimum Gasteiger partial charge on any atom is -0.368 e. The third-order valence-corrected chi connectivity index (χ3v) is 1.81. The van der Waals surface area contributed by atoms with Crippen LogP contribution in [0.4, 0.5) is 0 Å². The Labute approximate surface area is 91.9 Å². The zero-order valence-corrected chi connectivity index (χ0v) is 9.64. The Hall–Kier alpha value is -1.12. The van der Waals surface area contributed by atoms with Gasteiger partial charge in [-0.3, -0.25) is 0 Å². The maximum Gasteiger partial charge on any atom is 0.156 e. The minimum atomic E-state index is -1.20. The average Bonchev–Trinajstić information content (AvgIpc) is 2.18. The van der Waals surface area contributed by atoms with Crippen molar-refractivity contribution in [1.82, 2.24) is 0 Å². The normalized spacial score (nSPS) is 10.5. The van der Waals surface area contributed by atoms with Crippen molar-refractivity contribution < 1.29 is 10.2 Å². The van der Waals surface area contributed by atoms with E-state index in [1.807, 2.05) is 36.4 Å². The molecular weight excluding hydrogens is 188 g/mol. The van der Waals surface area contributed by atoms with Gasteiger partial charge in [0.1, 0.15) is 0 Å². The molecule has 0 radical (unpaired) electrons. The highest BCUT2D eigenvalue weighted by Crippen LogP contribution is 2.15. The molecule has 0 unspecified atom stereocenters. The van der Waals surface area contributed by atoms with Crippen molar-refractivity contribution in [1.29, 1.82) is 0 Å². The van der Waals surface area contributed by atoms with Crippen LogP contribution in [-0.4, -0.2) is 16.5 Å². The van der Waals surface area contributed by atoms with Crippen molar-refractivity contribution in [2.24, 2.45) is 5.41 Å². The van der Waals surface area contributed by atoms with Gasteiger partial charge in [0.15, 0.2) is 6.29 Å². The third-order valence-electron chi connectivity index (χ3n) is 1.81. The highest BCUT2D eigenvalue weighted by molar-refractivity contribution is 5.45. The molecule has 84 valence electrons. The lowest BCUT2D eigenvalue weighted by Gasteiger charge is -2.19. The molecule has 0 aliphatic heterocycles. The van der Waals surface area contributed by atoms with Gasteiger partial charge in [-0.1, -0.05) is 63.8 Å². The summed E-state index contributed by atoms with van der Waals surface area (Å²) in [6.45, 7) is 8.92. The molecule has 0 fully saturated rings. The maximum absolute atomic E-state index is 8.44. The SMILES string of the molecule is C=Cc1ccccc1.CC(C)(C)C(O)O. The van der Waals surface area contributed by atoms with Crippen LogP contribution in [0.15, 0.2) is 36.9 Å². The molecule has 0 aromatic heterocycles. The van der Waals surface area contributed by atoms with E-state index in [0.717, 1.165) is 0 Å². The van der Waals surface area contributed by atoms with E-state index in [2.05, 4.69) is 6.58 Å². The lowest BCUT2D eigenvalue weighted by atomic mass is 9.96. The van der Waals surface area contributed by atoms with E-state index in [-0.39, 0.29) is 5.41 Å². The molecule has 0 saturated heterocycles. The molecule has 1 aromatic carbocycles. The first-order valence-corrected chi connectivity index (χ1v) is 4.91. The van der Waals surface area contributed by atoms with E-state index < -0.39 is 6.29 Å². The molecule has 0 saturated carbocycles. The second kappa shape index (κ2) is 6.38. The summed E-state index contributed by atoms with van der Waals surface area (Å²) < 4.78 is 0. The van der Waals surface area contributed by atoms with Crippen molar-refractivity contribution in [2.75, 3.05) is 0 Å². The summed E-state index contributed by atoms with van der Waals surface area (Å²) in [5.41, 5.74) is 0.785. The topological polar surface area (TPSA) is 40.5 Å². The van der Waals surface area contributed by atoms with Crippen LogP contribution in [0.25, 0.3) is 6.08 Å². The Morgan fingerprint density at radius 3 is 1.73 bits per heavy atom. The molecule has 15 heavy (non-hydrogen) atoms. The van der Waals surface area contributed by atoms with Gasteiger partial charge in [-0.25, -0.2) is 0 Å². The molecule has 0 heterocycles. The average molecular weight is 208 g/mol. The van der Waals surface area contributed by atoms with E-state index in [9.17, 15) is 0 Å². The molecule has 1 aromatic rings. The first-order valence-electron chi connectivity index (χ1n) is 4.91. The van der Waals surface area contributed by atoms with Crippen LogP contribution in [0, 0.1) is 5.41 Å². The summed E-state index contributed by atoms with van der Waals surface area (Å²) in [7, 11) is 0. The van der Waals surface area contributed by atoms with Gasteiger partial charge >= 0.3 is 0 Å². The Balaban J connectivity index is 0.000000265. The molecule has 0 spiro atoms. The standard InChI is InChI=1S/C8H8.C5H12O2/c1-2-8-6-4-3-5-7-8;1-5(2,3)4(6)7/h2-7H,1H2;4,6-7H,1-3H3. The van der Waals surface area contributed by atoms with E-state index in [4.69, 9.17) is 10.2 Å². The summed E-state index contributed by atoms with van der Waals surface area (Å²) in [5, 5.41) is 16.9. The zero-order valence-electron chi connectivity index (χ0n) is 9.64. The fourth-order valence-corrected chi connectivity index (χ4v) is 0.589. The Bertz CT molecular complexity index is 270. The van der Waals surface area contributed by atoms with Gasteiger partial charge in [-0.15, -0.1) is 0 Å². The molecule has 1 rings (SSSR count). The van der Waals surface area contributed by atoms with Crippen LogP contribution in [0.3, 0.4) is 0 Å².